The van der Waals surface area contributed by atoms with Gasteiger partial charge >= 0.3 is 6.03 Å². The highest BCUT2D eigenvalue weighted by Crippen LogP contribution is 2.23. The zero-order valence-electron chi connectivity index (χ0n) is 10.9. The van der Waals surface area contributed by atoms with Crippen molar-refractivity contribution in [3.63, 3.8) is 0 Å². The molecule has 2 unspecified atom stereocenters. The summed E-state index contributed by atoms with van der Waals surface area (Å²) in [6, 6.07) is 5.37. The molecule has 0 spiro atoms. The van der Waals surface area contributed by atoms with E-state index in [0.29, 0.717) is 0 Å². The highest BCUT2D eigenvalue weighted by Gasteiger charge is 2.24. The molecule has 1 aromatic carbocycles. The number of rotatable bonds is 2. The Morgan fingerprint density at radius 2 is 2.11 bits per heavy atom. The number of aliphatic hydroxyl groups excluding tert-OH is 1. The lowest BCUT2D eigenvalue weighted by Crippen LogP contribution is -2.46. The monoisotopic (exact) mass is 326 g/mol. The highest BCUT2D eigenvalue weighted by molar-refractivity contribution is 9.10. The third-order valence-electron chi connectivity index (χ3n) is 3.42. The second kappa shape index (κ2) is 6.39. The molecule has 0 bridgehead atoms. The smallest absolute Gasteiger partial charge is 0.319 e. The Hall–Kier alpha value is -1.07. The molecule has 3 N–H and O–H groups in total. The Labute approximate surface area is 121 Å². The van der Waals surface area contributed by atoms with Crippen molar-refractivity contribution in [2.75, 3.05) is 5.32 Å². The first-order valence-corrected chi connectivity index (χ1v) is 7.37. The number of halogens is 1. The van der Waals surface area contributed by atoms with Crippen LogP contribution in [0.3, 0.4) is 0 Å². The molecule has 0 radical (unpaired) electrons. The van der Waals surface area contributed by atoms with E-state index < -0.39 is 6.10 Å². The van der Waals surface area contributed by atoms with Crippen LogP contribution in [0.25, 0.3) is 0 Å². The number of amides is 2. The molecule has 5 heteroatoms. The lowest BCUT2D eigenvalue weighted by Gasteiger charge is -2.28. The van der Waals surface area contributed by atoms with Crippen LogP contribution in [0.2, 0.25) is 0 Å². The molecule has 1 aliphatic rings. The van der Waals surface area contributed by atoms with Gasteiger partial charge in [-0.2, -0.15) is 0 Å². The molecular formula is C14H19BrN2O2. The fraction of sp³-hybridized carbons (Fsp3) is 0.500. The van der Waals surface area contributed by atoms with Crippen LogP contribution in [0.4, 0.5) is 10.5 Å². The van der Waals surface area contributed by atoms with Gasteiger partial charge in [-0.15, -0.1) is 0 Å². The maximum Gasteiger partial charge on any atom is 0.319 e. The Morgan fingerprint density at radius 1 is 1.37 bits per heavy atom. The van der Waals surface area contributed by atoms with Gasteiger partial charge in [0.05, 0.1) is 17.8 Å². The number of hydrogen-bond donors (Lipinski definition) is 3. The lowest BCUT2D eigenvalue weighted by molar-refractivity contribution is 0.0955. The standard InChI is InChI=1S/C14H19BrN2O2/c1-9-6-7-10(15)12(8-9)17-14(19)16-11-4-2-3-5-13(11)18/h6-8,11,13,18H,2-5H2,1H3,(H2,16,17,19). The van der Waals surface area contributed by atoms with Crippen LogP contribution in [0.15, 0.2) is 22.7 Å². The van der Waals surface area contributed by atoms with Crippen LogP contribution >= 0.6 is 15.9 Å². The summed E-state index contributed by atoms with van der Waals surface area (Å²) in [6.45, 7) is 1.97. The van der Waals surface area contributed by atoms with Crippen molar-refractivity contribution in [2.45, 2.75) is 44.8 Å². The van der Waals surface area contributed by atoms with Crippen LogP contribution < -0.4 is 10.6 Å². The van der Waals surface area contributed by atoms with Gasteiger partial charge in [0, 0.05) is 4.47 Å². The van der Waals surface area contributed by atoms with E-state index in [4.69, 9.17) is 0 Å². The average molecular weight is 327 g/mol. The quantitative estimate of drug-likeness (QED) is 0.781. The molecule has 19 heavy (non-hydrogen) atoms. The van der Waals surface area contributed by atoms with E-state index in [-0.39, 0.29) is 12.1 Å². The molecule has 1 aromatic rings. The number of urea groups is 1. The minimum absolute atomic E-state index is 0.141. The van der Waals surface area contributed by atoms with Crippen LogP contribution in [0.5, 0.6) is 0 Å². The van der Waals surface area contributed by atoms with Crippen LogP contribution in [-0.4, -0.2) is 23.3 Å². The third kappa shape index (κ3) is 3.94. The van der Waals surface area contributed by atoms with Gasteiger partial charge in [0.15, 0.2) is 0 Å². The molecule has 0 saturated heterocycles. The van der Waals surface area contributed by atoms with Crippen molar-refractivity contribution < 1.29 is 9.90 Å². The number of benzene rings is 1. The van der Waals surface area contributed by atoms with E-state index in [9.17, 15) is 9.90 Å². The first-order chi connectivity index (χ1) is 9.06. The zero-order valence-corrected chi connectivity index (χ0v) is 12.5. The van der Waals surface area contributed by atoms with Crippen LogP contribution in [-0.2, 0) is 0 Å². The Balaban J connectivity index is 1.95. The molecule has 1 saturated carbocycles. The maximum absolute atomic E-state index is 11.9. The van der Waals surface area contributed by atoms with Gasteiger partial charge in [-0.25, -0.2) is 4.79 Å². The van der Waals surface area contributed by atoms with E-state index in [2.05, 4.69) is 26.6 Å². The topological polar surface area (TPSA) is 61.4 Å². The number of carbonyl (C=O) groups is 1. The van der Waals surface area contributed by atoms with Gasteiger partial charge in [-0.3, -0.25) is 0 Å². The maximum atomic E-state index is 11.9. The fourth-order valence-corrected chi connectivity index (χ4v) is 2.69. The van der Waals surface area contributed by atoms with E-state index in [0.717, 1.165) is 41.4 Å². The summed E-state index contributed by atoms with van der Waals surface area (Å²) in [7, 11) is 0. The Bertz CT molecular complexity index is 465. The van der Waals surface area contributed by atoms with Gasteiger partial charge in [0.2, 0.25) is 0 Å². The first kappa shape index (κ1) is 14.3. The second-order valence-electron chi connectivity index (χ2n) is 5.04. The molecule has 4 nitrogen and oxygen atoms in total. The minimum atomic E-state index is -0.430. The lowest BCUT2D eigenvalue weighted by atomic mass is 9.93. The zero-order chi connectivity index (χ0) is 13.8. The predicted octanol–water partition coefficient (Wildman–Crippen LogP) is 3.18. The molecule has 2 atom stereocenters. The molecule has 2 rings (SSSR count). The van der Waals surface area contributed by atoms with Crippen LogP contribution in [0.1, 0.15) is 31.2 Å². The second-order valence-corrected chi connectivity index (χ2v) is 5.89. The van der Waals surface area contributed by atoms with Gasteiger partial charge in [0.1, 0.15) is 0 Å². The van der Waals surface area contributed by atoms with E-state index in [1.54, 1.807) is 0 Å². The van der Waals surface area contributed by atoms with Gasteiger partial charge in [0.25, 0.3) is 0 Å². The molecule has 0 aromatic heterocycles. The van der Waals surface area contributed by atoms with Crippen molar-refractivity contribution in [3.05, 3.63) is 28.2 Å². The third-order valence-corrected chi connectivity index (χ3v) is 4.11. The number of carbonyl (C=O) groups excluding carboxylic acids is 1. The molecule has 104 valence electrons. The van der Waals surface area contributed by atoms with E-state index in [1.165, 1.54) is 0 Å². The molecule has 2 amide bonds. The van der Waals surface area contributed by atoms with Crippen molar-refractivity contribution in [1.29, 1.82) is 0 Å². The summed E-state index contributed by atoms with van der Waals surface area (Å²) >= 11 is 3.40. The molecular weight excluding hydrogens is 308 g/mol. The largest absolute Gasteiger partial charge is 0.391 e. The predicted molar refractivity (Wildman–Crippen MR) is 79.3 cm³/mol. The number of aliphatic hydroxyl groups is 1. The summed E-state index contributed by atoms with van der Waals surface area (Å²) in [5, 5.41) is 15.5. The summed E-state index contributed by atoms with van der Waals surface area (Å²) in [4.78, 5) is 11.9. The van der Waals surface area contributed by atoms with Gasteiger partial charge < -0.3 is 15.7 Å². The molecule has 0 aliphatic heterocycles. The average Bonchev–Trinajstić information content (AvgIpc) is 2.37. The SMILES string of the molecule is Cc1ccc(Br)c(NC(=O)NC2CCCCC2O)c1. The highest BCUT2D eigenvalue weighted by atomic mass is 79.9. The van der Waals surface area contributed by atoms with Crippen molar-refractivity contribution in [2.24, 2.45) is 0 Å². The number of hydrogen-bond acceptors (Lipinski definition) is 2. The first-order valence-electron chi connectivity index (χ1n) is 6.58. The number of aryl methyl sites for hydroxylation is 1. The van der Waals surface area contributed by atoms with Crippen molar-refractivity contribution >= 4 is 27.6 Å². The molecule has 1 fully saturated rings. The number of anilines is 1. The summed E-state index contributed by atoms with van der Waals surface area (Å²) in [6.07, 6.45) is 3.25. The minimum Gasteiger partial charge on any atom is -0.391 e. The Morgan fingerprint density at radius 3 is 2.84 bits per heavy atom. The van der Waals surface area contributed by atoms with Crippen molar-refractivity contribution in [1.82, 2.24) is 5.32 Å². The van der Waals surface area contributed by atoms with E-state index >= 15 is 0 Å². The Kier molecular flexibility index (Phi) is 4.82. The normalized spacial score (nSPS) is 22.9. The van der Waals surface area contributed by atoms with Crippen molar-refractivity contribution in [3.8, 4) is 0 Å². The summed E-state index contributed by atoms with van der Waals surface area (Å²) in [5.41, 5.74) is 1.82. The van der Waals surface area contributed by atoms with Gasteiger partial charge in [-0.05, 0) is 53.4 Å². The molecule has 0 heterocycles. The summed E-state index contributed by atoms with van der Waals surface area (Å²) < 4.78 is 0.845. The molecule has 1 aliphatic carbocycles. The van der Waals surface area contributed by atoms with Crippen LogP contribution in [0, 0.1) is 6.92 Å². The summed E-state index contributed by atoms with van der Waals surface area (Å²) in [5.74, 6) is 0. The fourth-order valence-electron chi connectivity index (χ4n) is 2.34. The van der Waals surface area contributed by atoms with Gasteiger partial charge in [-0.1, -0.05) is 18.9 Å². The number of nitrogens with one attached hydrogen (secondary N) is 2. The van der Waals surface area contributed by atoms with E-state index in [1.807, 2.05) is 25.1 Å².